The zero-order valence-corrected chi connectivity index (χ0v) is 18.3. The van der Waals surface area contributed by atoms with E-state index < -0.39 is 0 Å². The van der Waals surface area contributed by atoms with E-state index >= 15 is 0 Å². The Bertz CT molecular complexity index is 1170. The second kappa shape index (κ2) is 8.86. The van der Waals surface area contributed by atoms with Gasteiger partial charge in [0.05, 0.1) is 23.4 Å². The molecule has 0 saturated heterocycles. The van der Waals surface area contributed by atoms with Crippen LogP contribution in [0.25, 0.3) is 10.2 Å². The predicted octanol–water partition coefficient (Wildman–Crippen LogP) is 6.50. The number of carbonyl (C=O) groups excluding carboxylic acids is 1. The highest BCUT2D eigenvalue weighted by Crippen LogP contribution is 2.34. The first-order valence-electron chi connectivity index (χ1n) is 9.71. The van der Waals surface area contributed by atoms with Crippen LogP contribution in [0.4, 0.5) is 5.13 Å². The monoisotopic (exact) mass is 436 g/mol. The van der Waals surface area contributed by atoms with Crippen molar-refractivity contribution in [2.45, 2.75) is 20.4 Å². The van der Waals surface area contributed by atoms with Gasteiger partial charge < -0.3 is 4.74 Å². The van der Waals surface area contributed by atoms with Gasteiger partial charge in [-0.25, -0.2) is 4.98 Å². The Morgan fingerprint density at radius 2 is 1.80 bits per heavy atom. The molecule has 0 radical (unpaired) electrons. The summed E-state index contributed by atoms with van der Waals surface area (Å²) in [5.41, 5.74) is 3.37. The molecule has 0 aliphatic rings. The minimum absolute atomic E-state index is 0.107. The summed E-state index contributed by atoms with van der Waals surface area (Å²) in [6.45, 7) is 4.90. The number of carbonyl (C=O) groups is 1. The number of amides is 1. The number of nitrogens with zero attached hydrogens (tertiary/aromatic N) is 2. The van der Waals surface area contributed by atoms with Crippen molar-refractivity contribution in [1.82, 2.24) is 4.98 Å². The van der Waals surface area contributed by atoms with Crippen LogP contribution in [0.2, 0.25) is 5.02 Å². The number of halogens is 1. The molecule has 0 saturated carbocycles. The molecule has 1 amide bonds. The summed E-state index contributed by atoms with van der Waals surface area (Å²) in [6.07, 6.45) is 0. The number of benzene rings is 3. The maximum atomic E-state index is 13.5. The van der Waals surface area contributed by atoms with Crippen LogP contribution in [0, 0.1) is 6.92 Å². The van der Waals surface area contributed by atoms with Gasteiger partial charge in [-0.05, 0) is 61.4 Å². The van der Waals surface area contributed by atoms with E-state index in [1.807, 2.05) is 68.4 Å². The van der Waals surface area contributed by atoms with Crippen molar-refractivity contribution >= 4 is 44.2 Å². The molecule has 4 aromatic rings. The quantitative estimate of drug-likeness (QED) is 0.346. The Morgan fingerprint density at radius 3 is 2.50 bits per heavy atom. The van der Waals surface area contributed by atoms with Crippen LogP contribution in [0.1, 0.15) is 28.4 Å². The van der Waals surface area contributed by atoms with Gasteiger partial charge in [0.15, 0.2) is 5.13 Å². The zero-order valence-electron chi connectivity index (χ0n) is 16.8. The number of hydrogen-bond acceptors (Lipinski definition) is 4. The largest absolute Gasteiger partial charge is 0.494 e. The second-order valence-corrected chi connectivity index (χ2v) is 8.27. The van der Waals surface area contributed by atoms with E-state index in [0.717, 1.165) is 27.1 Å². The number of aryl methyl sites for hydroxylation is 1. The van der Waals surface area contributed by atoms with Crippen molar-refractivity contribution in [1.29, 1.82) is 0 Å². The Kier molecular flexibility index (Phi) is 6.02. The van der Waals surface area contributed by atoms with E-state index in [0.29, 0.717) is 28.9 Å². The summed E-state index contributed by atoms with van der Waals surface area (Å²) in [7, 11) is 0. The van der Waals surface area contributed by atoms with Gasteiger partial charge in [0.1, 0.15) is 5.75 Å². The van der Waals surface area contributed by atoms with E-state index in [1.165, 1.54) is 11.3 Å². The number of ether oxygens (including phenoxy) is 1. The third-order valence-corrected chi connectivity index (χ3v) is 6.26. The molecule has 1 heterocycles. The first-order chi connectivity index (χ1) is 14.6. The van der Waals surface area contributed by atoms with Gasteiger partial charge in [0.25, 0.3) is 5.91 Å². The fourth-order valence-electron chi connectivity index (χ4n) is 3.21. The van der Waals surface area contributed by atoms with Gasteiger partial charge in [-0.1, -0.05) is 53.3 Å². The molecule has 0 aliphatic carbocycles. The summed E-state index contributed by atoms with van der Waals surface area (Å²) in [5.74, 6) is 0.638. The summed E-state index contributed by atoms with van der Waals surface area (Å²) < 4.78 is 6.50. The van der Waals surface area contributed by atoms with E-state index in [-0.39, 0.29) is 5.91 Å². The van der Waals surface area contributed by atoms with E-state index in [9.17, 15) is 4.79 Å². The average Bonchev–Trinajstić information content (AvgIpc) is 3.20. The topological polar surface area (TPSA) is 42.4 Å². The molecule has 30 heavy (non-hydrogen) atoms. The maximum absolute atomic E-state index is 13.5. The standard InChI is InChI=1S/C24H21ClN2O2S/c1-3-29-19-11-9-18(10-12-19)23(28)27(15-17-7-5-4-6-8-17)24-26-22-16(2)20(25)13-14-21(22)30-24/h4-14H,3,15H2,1-2H3. The van der Waals surface area contributed by atoms with Crippen molar-refractivity contribution < 1.29 is 9.53 Å². The molecule has 3 aromatic carbocycles. The van der Waals surface area contributed by atoms with E-state index in [2.05, 4.69) is 0 Å². The molecule has 0 fully saturated rings. The van der Waals surface area contributed by atoms with Crippen LogP contribution in [-0.2, 0) is 6.54 Å². The highest BCUT2D eigenvalue weighted by atomic mass is 35.5. The first-order valence-corrected chi connectivity index (χ1v) is 10.9. The molecule has 0 atom stereocenters. The minimum Gasteiger partial charge on any atom is -0.494 e. The number of rotatable bonds is 6. The molecule has 0 spiro atoms. The molecule has 0 N–H and O–H groups in total. The molecular weight excluding hydrogens is 416 g/mol. The van der Waals surface area contributed by atoms with Crippen LogP contribution in [-0.4, -0.2) is 17.5 Å². The Hall–Kier alpha value is -2.89. The molecule has 4 rings (SSSR count). The lowest BCUT2D eigenvalue weighted by Crippen LogP contribution is -2.30. The first kappa shape index (κ1) is 20.4. The minimum atomic E-state index is -0.107. The average molecular weight is 437 g/mol. The summed E-state index contributed by atoms with van der Waals surface area (Å²) in [5, 5.41) is 1.32. The van der Waals surface area contributed by atoms with Gasteiger partial charge in [-0.2, -0.15) is 0 Å². The molecular formula is C24H21ClN2O2S. The highest BCUT2D eigenvalue weighted by molar-refractivity contribution is 7.22. The van der Waals surface area contributed by atoms with Gasteiger partial charge >= 0.3 is 0 Å². The lowest BCUT2D eigenvalue weighted by atomic mass is 10.1. The van der Waals surface area contributed by atoms with Gasteiger partial charge in [0.2, 0.25) is 0 Å². The molecule has 152 valence electrons. The zero-order chi connectivity index (χ0) is 21.1. The SMILES string of the molecule is CCOc1ccc(C(=O)N(Cc2ccccc2)c2nc3c(C)c(Cl)ccc3s2)cc1. The Morgan fingerprint density at radius 1 is 1.07 bits per heavy atom. The fourth-order valence-corrected chi connectivity index (χ4v) is 4.39. The highest BCUT2D eigenvalue weighted by Gasteiger charge is 2.22. The van der Waals surface area contributed by atoms with E-state index in [1.54, 1.807) is 17.0 Å². The summed E-state index contributed by atoms with van der Waals surface area (Å²) in [6, 6.07) is 21.0. The van der Waals surface area contributed by atoms with Crippen molar-refractivity contribution in [2.75, 3.05) is 11.5 Å². The number of aromatic nitrogens is 1. The normalized spacial score (nSPS) is 10.9. The van der Waals surface area contributed by atoms with Gasteiger partial charge in [-0.3, -0.25) is 9.69 Å². The predicted molar refractivity (Wildman–Crippen MR) is 124 cm³/mol. The molecule has 0 bridgehead atoms. The molecule has 0 aliphatic heterocycles. The lowest BCUT2D eigenvalue weighted by molar-refractivity contribution is 0.0985. The number of anilines is 1. The number of fused-ring (bicyclic) bond motifs is 1. The molecule has 0 unspecified atom stereocenters. The Balaban J connectivity index is 1.74. The van der Waals surface area contributed by atoms with Crippen LogP contribution in [0.3, 0.4) is 0 Å². The fraction of sp³-hybridized carbons (Fsp3) is 0.167. The van der Waals surface area contributed by atoms with Crippen molar-refractivity contribution in [3.63, 3.8) is 0 Å². The van der Waals surface area contributed by atoms with Crippen molar-refractivity contribution in [3.05, 3.63) is 88.4 Å². The van der Waals surface area contributed by atoms with Crippen molar-refractivity contribution in [2.24, 2.45) is 0 Å². The third kappa shape index (κ3) is 4.18. The summed E-state index contributed by atoms with van der Waals surface area (Å²) in [4.78, 5) is 20.0. The van der Waals surface area contributed by atoms with E-state index in [4.69, 9.17) is 21.3 Å². The van der Waals surface area contributed by atoms with Crippen LogP contribution >= 0.6 is 22.9 Å². The van der Waals surface area contributed by atoms with Crippen LogP contribution in [0.5, 0.6) is 5.75 Å². The lowest BCUT2D eigenvalue weighted by Gasteiger charge is -2.20. The number of thiazole rings is 1. The number of hydrogen-bond donors (Lipinski definition) is 0. The summed E-state index contributed by atoms with van der Waals surface area (Å²) >= 11 is 7.77. The van der Waals surface area contributed by atoms with Gasteiger partial charge in [0, 0.05) is 10.6 Å². The third-order valence-electron chi connectivity index (χ3n) is 4.81. The van der Waals surface area contributed by atoms with Gasteiger partial charge in [-0.15, -0.1) is 0 Å². The Labute approximate surface area is 184 Å². The smallest absolute Gasteiger partial charge is 0.260 e. The van der Waals surface area contributed by atoms with Crippen LogP contribution in [0.15, 0.2) is 66.7 Å². The molecule has 4 nitrogen and oxygen atoms in total. The molecule has 1 aromatic heterocycles. The molecule has 6 heteroatoms. The maximum Gasteiger partial charge on any atom is 0.260 e. The van der Waals surface area contributed by atoms with Crippen LogP contribution < -0.4 is 9.64 Å². The second-order valence-electron chi connectivity index (χ2n) is 6.85. The van der Waals surface area contributed by atoms with Crippen molar-refractivity contribution in [3.8, 4) is 5.75 Å².